The largest absolute Gasteiger partial charge is 0.494 e. The van der Waals surface area contributed by atoms with Crippen LogP contribution in [0.3, 0.4) is 0 Å². The molecule has 0 saturated heterocycles. The number of hydrogen-bond acceptors (Lipinski definition) is 4. The van der Waals surface area contributed by atoms with E-state index in [2.05, 4.69) is 20.9 Å². The zero-order valence-corrected chi connectivity index (χ0v) is 9.89. The summed E-state index contributed by atoms with van der Waals surface area (Å²) < 4.78 is 36.2. The van der Waals surface area contributed by atoms with Crippen molar-refractivity contribution in [2.75, 3.05) is 7.11 Å². The second-order valence-electron chi connectivity index (χ2n) is 2.53. The number of methoxy groups -OCH3 is 1. The average Bonchev–Trinajstić information content (AvgIpc) is 2.06. The standard InChI is InChI=1S/C7H8BrNO4S/c1-4-7(14(10,11)12)6(13-2)5(8)3-9-4/h3H,1-2H3,(H,10,11,12). The fourth-order valence-corrected chi connectivity index (χ4v) is 2.48. The molecule has 0 aliphatic carbocycles. The highest BCUT2D eigenvalue weighted by atomic mass is 79.9. The fraction of sp³-hybridized carbons (Fsp3) is 0.286. The second kappa shape index (κ2) is 3.84. The number of halogens is 1. The van der Waals surface area contributed by atoms with Crippen LogP contribution in [0.15, 0.2) is 15.6 Å². The maximum atomic E-state index is 11.0. The molecular weight excluding hydrogens is 274 g/mol. The van der Waals surface area contributed by atoms with Crippen molar-refractivity contribution in [3.8, 4) is 5.75 Å². The van der Waals surface area contributed by atoms with Crippen molar-refractivity contribution < 1.29 is 17.7 Å². The average molecular weight is 282 g/mol. The summed E-state index contributed by atoms with van der Waals surface area (Å²) in [7, 11) is -3.00. The minimum absolute atomic E-state index is 0.0556. The predicted octanol–water partition coefficient (Wildman–Crippen LogP) is 1.41. The molecule has 0 aliphatic heterocycles. The number of hydrogen-bond donors (Lipinski definition) is 1. The Hall–Kier alpha value is -0.660. The SMILES string of the molecule is COc1c(Br)cnc(C)c1S(=O)(=O)O. The normalized spacial score (nSPS) is 11.4. The summed E-state index contributed by atoms with van der Waals surface area (Å²) in [5, 5.41) is 0. The second-order valence-corrected chi connectivity index (χ2v) is 4.74. The van der Waals surface area contributed by atoms with Crippen LogP contribution in [0, 0.1) is 6.92 Å². The van der Waals surface area contributed by atoms with Crippen molar-refractivity contribution in [3.63, 3.8) is 0 Å². The molecule has 0 aliphatic rings. The first-order valence-electron chi connectivity index (χ1n) is 3.54. The number of nitrogens with zero attached hydrogens (tertiary/aromatic N) is 1. The molecule has 7 heteroatoms. The van der Waals surface area contributed by atoms with Gasteiger partial charge in [0.1, 0.15) is 0 Å². The van der Waals surface area contributed by atoms with E-state index in [1.54, 1.807) is 0 Å². The molecule has 1 aromatic heterocycles. The summed E-state index contributed by atoms with van der Waals surface area (Å²) in [6.07, 6.45) is 1.41. The molecule has 1 N–H and O–H groups in total. The van der Waals surface area contributed by atoms with Gasteiger partial charge in [-0.25, -0.2) is 0 Å². The monoisotopic (exact) mass is 281 g/mol. The van der Waals surface area contributed by atoms with Gasteiger partial charge in [-0.3, -0.25) is 9.54 Å². The first kappa shape index (κ1) is 11.4. The molecule has 0 atom stereocenters. The van der Waals surface area contributed by atoms with E-state index in [0.717, 1.165) is 0 Å². The summed E-state index contributed by atoms with van der Waals surface area (Å²) in [4.78, 5) is 3.48. The number of pyridine rings is 1. The minimum Gasteiger partial charge on any atom is -0.494 e. The highest BCUT2D eigenvalue weighted by molar-refractivity contribution is 9.10. The molecule has 1 aromatic rings. The van der Waals surface area contributed by atoms with Crippen molar-refractivity contribution in [1.29, 1.82) is 0 Å². The molecule has 1 heterocycles. The van der Waals surface area contributed by atoms with Gasteiger partial charge in [0.05, 0.1) is 17.3 Å². The van der Waals surface area contributed by atoms with Gasteiger partial charge in [-0.15, -0.1) is 0 Å². The van der Waals surface area contributed by atoms with E-state index in [-0.39, 0.29) is 16.3 Å². The highest BCUT2D eigenvalue weighted by Crippen LogP contribution is 2.32. The lowest BCUT2D eigenvalue weighted by molar-refractivity contribution is 0.392. The molecule has 78 valence electrons. The Morgan fingerprint density at radius 2 is 2.14 bits per heavy atom. The molecule has 0 fully saturated rings. The van der Waals surface area contributed by atoms with Crippen LogP contribution >= 0.6 is 15.9 Å². The van der Waals surface area contributed by atoms with Gasteiger partial charge in [-0.2, -0.15) is 8.42 Å². The van der Waals surface area contributed by atoms with E-state index in [9.17, 15) is 8.42 Å². The lowest BCUT2D eigenvalue weighted by Gasteiger charge is -2.09. The van der Waals surface area contributed by atoms with Gasteiger partial charge in [-0.1, -0.05) is 0 Å². The van der Waals surface area contributed by atoms with Crippen LogP contribution in [0.2, 0.25) is 0 Å². The minimum atomic E-state index is -4.32. The zero-order chi connectivity index (χ0) is 10.9. The van der Waals surface area contributed by atoms with E-state index in [0.29, 0.717) is 4.47 Å². The Balaban J connectivity index is 3.63. The van der Waals surface area contributed by atoms with Crippen molar-refractivity contribution in [1.82, 2.24) is 4.98 Å². The van der Waals surface area contributed by atoms with E-state index >= 15 is 0 Å². The van der Waals surface area contributed by atoms with Crippen molar-refractivity contribution in [3.05, 3.63) is 16.4 Å². The van der Waals surface area contributed by atoms with E-state index in [4.69, 9.17) is 9.29 Å². The quantitative estimate of drug-likeness (QED) is 0.830. The molecular formula is C7H8BrNO4S. The molecule has 1 rings (SSSR count). The van der Waals surface area contributed by atoms with E-state index < -0.39 is 10.1 Å². The van der Waals surface area contributed by atoms with Gasteiger partial charge in [0.2, 0.25) is 0 Å². The van der Waals surface area contributed by atoms with Gasteiger partial charge in [0, 0.05) is 6.20 Å². The van der Waals surface area contributed by atoms with Crippen LogP contribution in [0.25, 0.3) is 0 Å². The summed E-state index contributed by atoms with van der Waals surface area (Å²) in [6, 6.07) is 0. The topological polar surface area (TPSA) is 76.5 Å². The molecule has 0 amide bonds. The third kappa shape index (κ3) is 2.05. The maximum absolute atomic E-state index is 11.0. The first-order chi connectivity index (χ1) is 6.38. The van der Waals surface area contributed by atoms with Gasteiger partial charge < -0.3 is 4.74 Å². The smallest absolute Gasteiger partial charge is 0.300 e. The molecule has 0 radical (unpaired) electrons. The first-order valence-corrected chi connectivity index (χ1v) is 5.77. The van der Waals surface area contributed by atoms with E-state index in [1.807, 2.05) is 0 Å². The molecule has 5 nitrogen and oxygen atoms in total. The Morgan fingerprint density at radius 3 is 2.50 bits per heavy atom. The summed E-state index contributed by atoms with van der Waals surface area (Å²) in [5.41, 5.74) is 0.188. The van der Waals surface area contributed by atoms with Crippen LogP contribution in [-0.4, -0.2) is 25.1 Å². The Kier molecular flexibility index (Phi) is 3.13. The third-order valence-electron chi connectivity index (χ3n) is 1.59. The molecule has 0 unspecified atom stereocenters. The summed E-state index contributed by atoms with van der Waals surface area (Å²) in [6.45, 7) is 1.47. The summed E-state index contributed by atoms with van der Waals surface area (Å²) >= 11 is 3.07. The fourth-order valence-electron chi connectivity index (χ4n) is 1.04. The van der Waals surface area contributed by atoms with Gasteiger partial charge in [0.15, 0.2) is 10.6 Å². The van der Waals surface area contributed by atoms with Crippen molar-refractivity contribution >= 4 is 26.0 Å². The molecule has 0 spiro atoms. The Labute approximate surface area is 90.0 Å². The molecule has 0 aromatic carbocycles. The molecule has 14 heavy (non-hydrogen) atoms. The third-order valence-corrected chi connectivity index (χ3v) is 3.15. The lowest BCUT2D eigenvalue weighted by Crippen LogP contribution is -2.06. The van der Waals surface area contributed by atoms with Gasteiger partial charge in [0.25, 0.3) is 10.1 Å². The van der Waals surface area contributed by atoms with Gasteiger partial charge in [-0.05, 0) is 22.9 Å². The van der Waals surface area contributed by atoms with Crippen molar-refractivity contribution in [2.45, 2.75) is 11.8 Å². The van der Waals surface area contributed by atoms with E-state index in [1.165, 1.54) is 20.2 Å². The number of ether oxygens (including phenoxy) is 1. The van der Waals surface area contributed by atoms with Gasteiger partial charge >= 0.3 is 0 Å². The van der Waals surface area contributed by atoms with Crippen LogP contribution < -0.4 is 4.74 Å². The lowest BCUT2D eigenvalue weighted by atomic mass is 10.3. The number of rotatable bonds is 2. The Morgan fingerprint density at radius 1 is 1.57 bits per heavy atom. The van der Waals surface area contributed by atoms with Crippen LogP contribution in [0.5, 0.6) is 5.75 Å². The Bertz CT molecular complexity index is 457. The van der Waals surface area contributed by atoms with Crippen molar-refractivity contribution in [2.24, 2.45) is 0 Å². The summed E-state index contributed by atoms with van der Waals surface area (Å²) in [5.74, 6) is 0.0556. The molecule has 0 saturated carbocycles. The molecule has 0 bridgehead atoms. The number of aromatic nitrogens is 1. The highest BCUT2D eigenvalue weighted by Gasteiger charge is 2.22. The predicted molar refractivity (Wildman–Crippen MR) is 53.0 cm³/mol. The van der Waals surface area contributed by atoms with Crippen LogP contribution in [0.4, 0.5) is 0 Å². The maximum Gasteiger partial charge on any atom is 0.300 e. The van der Waals surface area contributed by atoms with Crippen LogP contribution in [0.1, 0.15) is 5.69 Å². The number of aryl methyl sites for hydroxylation is 1. The van der Waals surface area contributed by atoms with Crippen LogP contribution in [-0.2, 0) is 10.1 Å². The zero-order valence-electron chi connectivity index (χ0n) is 7.48.